The highest BCUT2D eigenvalue weighted by atomic mass is 32.2. The molecule has 0 aliphatic carbocycles. The average molecular weight is 278 g/mol. The molecule has 100 valence electrons. The van der Waals surface area contributed by atoms with Crippen LogP contribution in [0.5, 0.6) is 0 Å². The summed E-state index contributed by atoms with van der Waals surface area (Å²) in [5.41, 5.74) is 0.916. The van der Waals surface area contributed by atoms with Gasteiger partial charge in [0.05, 0.1) is 12.4 Å². The summed E-state index contributed by atoms with van der Waals surface area (Å²) in [6.07, 6.45) is 1.72. The van der Waals surface area contributed by atoms with Gasteiger partial charge in [-0.2, -0.15) is 0 Å². The third-order valence-electron chi connectivity index (χ3n) is 2.47. The molecule has 2 rings (SSSR count). The van der Waals surface area contributed by atoms with Gasteiger partial charge in [-0.15, -0.1) is 0 Å². The topological polar surface area (TPSA) is 65.2 Å². The number of aromatic nitrogens is 2. The van der Waals surface area contributed by atoms with Crippen molar-refractivity contribution in [3.8, 4) is 0 Å². The molecule has 0 spiro atoms. The standard InChI is InChI=1S/C13H14N2O3S/c1-8-6-7-14-13(15-8)19-9(2)10-4-5-11(18-10)12(16)17-3/h4-7,9H,1-3H3. The summed E-state index contributed by atoms with van der Waals surface area (Å²) >= 11 is 1.48. The summed E-state index contributed by atoms with van der Waals surface area (Å²) in [7, 11) is 1.32. The molecule has 0 fully saturated rings. The Labute approximate surface area is 115 Å². The van der Waals surface area contributed by atoms with Gasteiger partial charge in [-0.3, -0.25) is 0 Å². The van der Waals surface area contributed by atoms with Gasteiger partial charge in [-0.05, 0) is 32.0 Å². The van der Waals surface area contributed by atoms with Crippen molar-refractivity contribution in [1.29, 1.82) is 0 Å². The van der Waals surface area contributed by atoms with Gasteiger partial charge in [-0.25, -0.2) is 14.8 Å². The minimum absolute atomic E-state index is 0.0141. The van der Waals surface area contributed by atoms with Crippen LogP contribution in [0.3, 0.4) is 0 Å². The van der Waals surface area contributed by atoms with Crippen LogP contribution in [0.15, 0.2) is 34.0 Å². The van der Waals surface area contributed by atoms with Crippen molar-refractivity contribution in [2.24, 2.45) is 0 Å². The molecule has 0 aliphatic heterocycles. The van der Waals surface area contributed by atoms with Crippen LogP contribution >= 0.6 is 11.8 Å². The molecule has 0 amide bonds. The van der Waals surface area contributed by atoms with E-state index in [9.17, 15) is 4.79 Å². The van der Waals surface area contributed by atoms with Crippen molar-refractivity contribution < 1.29 is 13.9 Å². The van der Waals surface area contributed by atoms with Gasteiger partial charge in [-0.1, -0.05) is 11.8 Å². The number of carbonyl (C=O) groups excluding carboxylic acids is 1. The molecule has 6 heteroatoms. The summed E-state index contributed by atoms with van der Waals surface area (Å²) in [5.74, 6) is 0.417. The first kappa shape index (κ1) is 13.6. The predicted molar refractivity (Wildman–Crippen MR) is 71.1 cm³/mol. The number of thioether (sulfide) groups is 1. The fourth-order valence-corrected chi connectivity index (χ4v) is 2.36. The Morgan fingerprint density at radius 1 is 1.42 bits per heavy atom. The number of nitrogens with zero attached hydrogens (tertiary/aromatic N) is 2. The third-order valence-corrected chi connectivity index (χ3v) is 3.46. The van der Waals surface area contributed by atoms with Crippen molar-refractivity contribution >= 4 is 17.7 Å². The van der Waals surface area contributed by atoms with Crippen molar-refractivity contribution in [2.75, 3.05) is 7.11 Å². The van der Waals surface area contributed by atoms with Gasteiger partial charge >= 0.3 is 5.97 Å². The van der Waals surface area contributed by atoms with Crippen molar-refractivity contribution in [1.82, 2.24) is 9.97 Å². The predicted octanol–water partition coefficient (Wildman–Crippen LogP) is 3.02. The van der Waals surface area contributed by atoms with Crippen LogP contribution in [-0.2, 0) is 4.74 Å². The van der Waals surface area contributed by atoms with E-state index in [1.165, 1.54) is 18.9 Å². The van der Waals surface area contributed by atoms with E-state index in [1.807, 2.05) is 19.9 Å². The molecule has 0 radical (unpaired) electrons. The summed E-state index contributed by atoms with van der Waals surface area (Å²) in [6, 6.07) is 5.21. The number of furan rings is 1. The van der Waals surface area contributed by atoms with Gasteiger partial charge in [0.25, 0.3) is 0 Å². The first-order valence-electron chi connectivity index (χ1n) is 5.74. The molecule has 5 nitrogen and oxygen atoms in total. The monoisotopic (exact) mass is 278 g/mol. The fraction of sp³-hybridized carbons (Fsp3) is 0.308. The Bertz CT molecular complexity index is 583. The Hall–Kier alpha value is -1.82. The van der Waals surface area contributed by atoms with Crippen LogP contribution in [-0.4, -0.2) is 23.0 Å². The second-order valence-corrected chi connectivity index (χ2v) is 5.24. The van der Waals surface area contributed by atoms with Gasteiger partial charge in [0.15, 0.2) is 5.16 Å². The molecule has 0 bridgehead atoms. The maximum atomic E-state index is 11.3. The first-order valence-corrected chi connectivity index (χ1v) is 6.62. The Kier molecular flexibility index (Phi) is 4.21. The highest BCUT2D eigenvalue weighted by molar-refractivity contribution is 7.99. The van der Waals surface area contributed by atoms with Crippen LogP contribution in [0.1, 0.15) is 34.2 Å². The molecule has 2 aromatic rings. The third kappa shape index (κ3) is 3.35. The lowest BCUT2D eigenvalue weighted by atomic mass is 10.3. The van der Waals surface area contributed by atoms with Gasteiger partial charge in [0.2, 0.25) is 5.76 Å². The van der Waals surface area contributed by atoms with Gasteiger partial charge < -0.3 is 9.15 Å². The highest BCUT2D eigenvalue weighted by Crippen LogP contribution is 2.33. The number of esters is 1. The van der Waals surface area contributed by atoms with E-state index in [1.54, 1.807) is 18.3 Å². The lowest BCUT2D eigenvalue weighted by molar-refractivity contribution is 0.0563. The summed E-state index contributed by atoms with van der Waals surface area (Å²) in [5, 5.41) is 0.698. The largest absolute Gasteiger partial charge is 0.463 e. The SMILES string of the molecule is COC(=O)c1ccc(C(C)Sc2nccc(C)n2)o1. The minimum atomic E-state index is -0.477. The molecule has 1 atom stereocenters. The Morgan fingerprint density at radius 3 is 2.89 bits per heavy atom. The molecule has 19 heavy (non-hydrogen) atoms. The average Bonchev–Trinajstić information content (AvgIpc) is 2.87. The molecule has 1 unspecified atom stereocenters. The number of ether oxygens (including phenoxy) is 1. The molecule has 0 saturated heterocycles. The van der Waals surface area contributed by atoms with Crippen LogP contribution < -0.4 is 0 Å². The highest BCUT2D eigenvalue weighted by Gasteiger charge is 2.17. The Balaban J connectivity index is 2.09. The number of rotatable bonds is 4. The lowest BCUT2D eigenvalue weighted by Crippen LogP contribution is -1.98. The first-order chi connectivity index (χ1) is 9.10. The van der Waals surface area contributed by atoms with E-state index < -0.39 is 5.97 Å². The zero-order chi connectivity index (χ0) is 13.8. The maximum Gasteiger partial charge on any atom is 0.373 e. The second kappa shape index (κ2) is 5.88. The maximum absolute atomic E-state index is 11.3. The van der Waals surface area contributed by atoms with Crippen LogP contribution in [0, 0.1) is 6.92 Å². The summed E-state index contributed by atoms with van der Waals surface area (Å²) in [6.45, 7) is 3.88. The van der Waals surface area contributed by atoms with Crippen LogP contribution in [0.25, 0.3) is 0 Å². The van der Waals surface area contributed by atoms with E-state index in [4.69, 9.17) is 4.42 Å². The minimum Gasteiger partial charge on any atom is -0.463 e. The lowest BCUT2D eigenvalue weighted by Gasteiger charge is -2.07. The summed E-state index contributed by atoms with van der Waals surface area (Å²) < 4.78 is 10.0. The number of hydrogen-bond donors (Lipinski definition) is 0. The Morgan fingerprint density at radius 2 is 2.21 bits per heavy atom. The van der Waals surface area contributed by atoms with Gasteiger partial charge in [0.1, 0.15) is 5.76 Å². The van der Waals surface area contributed by atoms with Gasteiger partial charge in [0, 0.05) is 11.9 Å². The van der Waals surface area contributed by atoms with Crippen LogP contribution in [0.4, 0.5) is 0 Å². The molecule has 0 aliphatic rings. The second-order valence-electron chi connectivity index (χ2n) is 3.93. The van der Waals surface area contributed by atoms with Crippen molar-refractivity contribution in [3.05, 3.63) is 41.6 Å². The molecule has 0 N–H and O–H groups in total. The molecular weight excluding hydrogens is 264 g/mol. The molecular formula is C13H14N2O3S. The normalized spacial score (nSPS) is 12.2. The zero-order valence-corrected chi connectivity index (χ0v) is 11.7. The number of methoxy groups -OCH3 is 1. The molecule has 2 aromatic heterocycles. The van der Waals surface area contributed by atoms with E-state index >= 15 is 0 Å². The van der Waals surface area contributed by atoms with Crippen LogP contribution in [0.2, 0.25) is 0 Å². The van der Waals surface area contributed by atoms with E-state index in [0.29, 0.717) is 10.9 Å². The fourth-order valence-electron chi connectivity index (χ4n) is 1.48. The quantitative estimate of drug-likeness (QED) is 0.486. The molecule has 0 aromatic carbocycles. The summed E-state index contributed by atoms with van der Waals surface area (Å²) in [4.78, 5) is 19.8. The van der Waals surface area contributed by atoms with E-state index in [0.717, 1.165) is 5.69 Å². The van der Waals surface area contributed by atoms with Crippen molar-refractivity contribution in [2.45, 2.75) is 24.3 Å². The molecule has 0 saturated carbocycles. The molecule has 2 heterocycles. The van der Waals surface area contributed by atoms with Crippen molar-refractivity contribution in [3.63, 3.8) is 0 Å². The number of aryl methyl sites for hydroxylation is 1. The van der Waals surface area contributed by atoms with E-state index in [2.05, 4.69) is 14.7 Å². The number of carbonyl (C=O) groups is 1. The number of hydrogen-bond acceptors (Lipinski definition) is 6. The smallest absolute Gasteiger partial charge is 0.373 e. The van der Waals surface area contributed by atoms with E-state index in [-0.39, 0.29) is 11.0 Å². The zero-order valence-electron chi connectivity index (χ0n) is 10.9.